The predicted octanol–water partition coefficient (Wildman–Crippen LogP) is 4.39. The van der Waals surface area contributed by atoms with E-state index in [2.05, 4.69) is 9.97 Å². The summed E-state index contributed by atoms with van der Waals surface area (Å²) in [5.74, 6) is -1.14. The minimum atomic E-state index is -0.930. The molecule has 1 aliphatic heterocycles. The summed E-state index contributed by atoms with van der Waals surface area (Å²) in [6, 6.07) is 8.27. The van der Waals surface area contributed by atoms with Gasteiger partial charge in [0.15, 0.2) is 4.34 Å². The van der Waals surface area contributed by atoms with Gasteiger partial charge < -0.3 is 5.11 Å². The second kappa shape index (κ2) is 10.1. The average molecular weight is 521 g/mol. The maximum atomic E-state index is 12.9. The molecule has 13 heteroatoms. The van der Waals surface area contributed by atoms with Crippen LogP contribution in [0.1, 0.15) is 18.4 Å². The van der Waals surface area contributed by atoms with E-state index in [1.165, 1.54) is 51.9 Å². The lowest BCUT2D eigenvalue weighted by atomic mass is 10.1. The highest BCUT2D eigenvalue weighted by molar-refractivity contribution is 8.24. The normalized spacial score (nSPS) is 16.0. The second-order valence-electron chi connectivity index (χ2n) is 7.02. The third-order valence-electron chi connectivity index (χ3n) is 4.78. The molecule has 2 aromatic heterocycles. The van der Waals surface area contributed by atoms with Gasteiger partial charge in [-0.25, -0.2) is 9.97 Å². The Morgan fingerprint density at radius 3 is 2.91 bits per heavy atom. The molecule has 0 radical (unpaired) electrons. The van der Waals surface area contributed by atoms with Gasteiger partial charge in [0.2, 0.25) is 5.91 Å². The van der Waals surface area contributed by atoms with Crippen LogP contribution in [0.3, 0.4) is 0 Å². The second-order valence-corrected chi connectivity index (χ2v) is 11.1. The van der Waals surface area contributed by atoms with Gasteiger partial charge in [0.1, 0.15) is 14.7 Å². The van der Waals surface area contributed by atoms with Crippen molar-refractivity contribution in [1.29, 1.82) is 0 Å². The number of carboxylic acid groups (broad SMARTS) is 1. The molecule has 1 amide bonds. The number of hydrogen-bond acceptors (Lipinski definition) is 10. The molecule has 1 unspecified atom stereocenters. The molecule has 3 aromatic rings. The van der Waals surface area contributed by atoms with Crippen LogP contribution in [0.2, 0.25) is 0 Å². The van der Waals surface area contributed by atoms with Crippen molar-refractivity contribution in [2.45, 2.75) is 33.7 Å². The molecule has 1 saturated heterocycles. The SMILES string of the molecule is O=C(O)CCCN1C(=O)C(Cc2cc([N+](=O)[O-])ccc2Sc2nc3cccnc3s2)SC1=S. The van der Waals surface area contributed by atoms with E-state index in [0.717, 1.165) is 19.6 Å². The van der Waals surface area contributed by atoms with Gasteiger partial charge in [0.05, 0.1) is 10.2 Å². The average Bonchev–Trinajstić information content (AvgIpc) is 3.29. The molecule has 1 N–H and O–H groups in total. The summed E-state index contributed by atoms with van der Waals surface area (Å²) in [4.78, 5) is 46.4. The van der Waals surface area contributed by atoms with Crippen molar-refractivity contribution in [3.05, 3.63) is 52.2 Å². The third-order valence-corrected chi connectivity index (χ3v) is 8.52. The zero-order valence-corrected chi connectivity index (χ0v) is 20.1. The topological polar surface area (TPSA) is 127 Å². The number of thiocarbonyl (C=S) groups is 1. The van der Waals surface area contributed by atoms with Crippen LogP contribution < -0.4 is 0 Å². The van der Waals surface area contributed by atoms with E-state index in [1.54, 1.807) is 12.3 Å². The molecule has 170 valence electrons. The molecule has 0 bridgehead atoms. The first-order valence-corrected chi connectivity index (χ1v) is 12.6. The van der Waals surface area contributed by atoms with Crippen molar-refractivity contribution >= 4 is 79.3 Å². The fraction of sp³-hybridized carbons (Fsp3) is 0.250. The molecule has 0 spiro atoms. The van der Waals surface area contributed by atoms with Gasteiger partial charge in [0, 0.05) is 36.2 Å². The number of carboxylic acids is 1. The summed E-state index contributed by atoms with van der Waals surface area (Å²) < 4.78 is 1.14. The zero-order chi connectivity index (χ0) is 23.5. The summed E-state index contributed by atoms with van der Waals surface area (Å²) in [5, 5.41) is 19.7. The summed E-state index contributed by atoms with van der Waals surface area (Å²) >= 11 is 9.35. The number of hydrogen-bond donors (Lipinski definition) is 1. The van der Waals surface area contributed by atoms with Crippen molar-refractivity contribution in [2.75, 3.05) is 6.54 Å². The van der Waals surface area contributed by atoms with Gasteiger partial charge in [-0.2, -0.15) is 0 Å². The van der Waals surface area contributed by atoms with Crippen LogP contribution >= 0.6 is 47.1 Å². The number of nitrogens with zero attached hydrogens (tertiary/aromatic N) is 4. The minimum Gasteiger partial charge on any atom is -0.481 e. The van der Waals surface area contributed by atoms with Crippen LogP contribution in [-0.2, 0) is 16.0 Å². The lowest BCUT2D eigenvalue weighted by molar-refractivity contribution is -0.385. The highest BCUT2D eigenvalue weighted by Gasteiger charge is 2.37. The summed E-state index contributed by atoms with van der Waals surface area (Å²) in [7, 11) is 0. The molecule has 0 aliphatic carbocycles. The molecular formula is C20H16N4O5S4. The van der Waals surface area contributed by atoms with E-state index in [1.807, 2.05) is 12.1 Å². The van der Waals surface area contributed by atoms with Crippen LogP contribution in [0.25, 0.3) is 10.3 Å². The van der Waals surface area contributed by atoms with E-state index in [-0.39, 0.29) is 31.0 Å². The van der Waals surface area contributed by atoms with E-state index >= 15 is 0 Å². The highest BCUT2D eigenvalue weighted by atomic mass is 32.2. The number of nitro benzene ring substituents is 1. The molecule has 1 atom stereocenters. The molecule has 4 rings (SSSR count). The quantitative estimate of drug-likeness (QED) is 0.247. The monoisotopic (exact) mass is 520 g/mol. The van der Waals surface area contributed by atoms with Crippen molar-refractivity contribution in [3.8, 4) is 0 Å². The lowest BCUT2D eigenvalue weighted by Gasteiger charge is -2.15. The standard InChI is InChI=1S/C20H16N4O5S4/c25-16(26)4-2-8-23-18(27)15(32-20(23)30)10-11-9-12(24(28)29)5-6-14(11)31-19-22-13-3-1-7-21-17(13)33-19/h1,3,5-7,9,15H,2,4,8,10H2,(H,25,26). The number of amides is 1. The zero-order valence-electron chi connectivity index (χ0n) is 16.9. The predicted molar refractivity (Wildman–Crippen MR) is 131 cm³/mol. The van der Waals surface area contributed by atoms with Crippen LogP contribution in [0.5, 0.6) is 0 Å². The lowest BCUT2D eigenvalue weighted by Crippen LogP contribution is -2.33. The Balaban J connectivity index is 1.56. The molecule has 0 saturated carbocycles. The number of carbonyl (C=O) groups excluding carboxylic acids is 1. The molecule has 9 nitrogen and oxygen atoms in total. The van der Waals surface area contributed by atoms with E-state index in [4.69, 9.17) is 17.3 Å². The molecule has 33 heavy (non-hydrogen) atoms. The van der Waals surface area contributed by atoms with Crippen molar-refractivity contribution < 1.29 is 19.6 Å². The van der Waals surface area contributed by atoms with E-state index < -0.39 is 16.1 Å². The molecule has 3 heterocycles. The number of pyridine rings is 1. The van der Waals surface area contributed by atoms with Crippen molar-refractivity contribution in [1.82, 2.24) is 14.9 Å². The number of rotatable bonds is 9. The van der Waals surface area contributed by atoms with Gasteiger partial charge in [-0.1, -0.05) is 47.1 Å². The fourth-order valence-electron chi connectivity index (χ4n) is 3.24. The van der Waals surface area contributed by atoms with E-state index in [0.29, 0.717) is 16.3 Å². The van der Waals surface area contributed by atoms with Gasteiger partial charge in [-0.15, -0.1) is 0 Å². The number of aromatic nitrogens is 2. The van der Waals surface area contributed by atoms with Crippen LogP contribution in [0.4, 0.5) is 5.69 Å². The summed E-state index contributed by atoms with van der Waals surface area (Å²) in [5.41, 5.74) is 1.37. The first-order chi connectivity index (χ1) is 15.8. The molecular weight excluding hydrogens is 505 g/mol. The fourth-order valence-corrected chi connectivity index (χ4v) is 6.87. The van der Waals surface area contributed by atoms with Crippen LogP contribution in [0, 0.1) is 10.1 Å². The first-order valence-electron chi connectivity index (χ1n) is 9.72. The van der Waals surface area contributed by atoms with Crippen LogP contribution in [0.15, 0.2) is 45.8 Å². The Morgan fingerprint density at radius 2 is 2.18 bits per heavy atom. The number of nitro groups is 1. The Morgan fingerprint density at radius 1 is 1.36 bits per heavy atom. The van der Waals surface area contributed by atoms with E-state index in [9.17, 15) is 19.7 Å². The van der Waals surface area contributed by atoms with Gasteiger partial charge in [-0.05, 0) is 36.6 Å². The number of benzene rings is 1. The number of carbonyl (C=O) groups is 2. The first kappa shape index (κ1) is 23.5. The number of aliphatic carboxylic acids is 1. The van der Waals surface area contributed by atoms with Gasteiger partial charge >= 0.3 is 5.97 Å². The number of non-ortho nitro benzene ring substituents is 1. The molecule has 1 aliphatic rings. The molecule has 1 fully saturated rings. The Kier molecular flexibility index (Phi) is 7.22. The smallest absolute Gasteiger partial charge is 0.303 e. The van der Waals surface area contributed by atoms with Gasteiger partial charge in [-0.3, -0.25) is 24.6 Å². The maximum absolute atomic E-state index is 12.9. The minimum absolute atomic E-state index is 0.0512. The number of thioether (sulfide) groups is 1. The van der Waals surface area contributed by atoms with Crippen molar-refractivity contribution in [2.24, 2.45) is 0 Å². The summed E-state index contributed by atoms with van der Waals surface area (Å²) in [6.45, 7) is 0.239. The Bertz CT molecular complexity index is 1230. The van der Waals surface area contributed by atoms with Gasteiger partial charge in [0.25, 0.3) is 5.69 Å². The largest absolute Gasteiger partial charge is 0.481 e. The Labute approximate surface area is 205 Å². The third kappa shape index (κ3) is 5.49. The van der Waals surface area contributed by atoms with Crippen LogP contribution in [-0.4, -0.2) is 52.9 Å². The number of fused-ring (bicyclic) bond motifs is 1. The summed E-state index contributed by atoms with van der Waals surface area (Å²) in [6.07, 6.45) is 2.20. The van der Waals surface area contributed by atoms with Crippen molar-refractivity contribution in [3.63, 3.8) is 0 Å². The maximum Gasteiger partial charge on any atom is 0.303 e. The molecule has 1 aromatic carbocycles. The Hall–Kier alpha value is -2.61. The number of thiazole rings is 1. The highest BCUT2D eigenvalue weighted by Crippen LogP contribution is 2.39.